The summed E-state index contributed by atoms with van der Waals surface area (Å²) in [5, 5.41) is 6.53. The lowest BCUT2D eigenvalue weighted by atomic mass is 10.0. The summed E-state index contributed by atoms with van der Waals surface area (Å²) in [6.07, 6.45) is 2.58. The van der Waals surface area contributed by atoms with Gasteiger partial charge < -0.3 is 20.3 Å². The number of ether oxygens (including phenoxy) is 1. The van der Waals surface area contributed by atoms with Gasteiger partial charge in [-0.15, -0.1) is 24.0 Å². The molecule has 0 atom stereocenters. The second kappa shape index (κ2) is 13.6. The molecule has 6 nitrogen and oxygen atoms in total. The fourth-order valence-corrected chi connectivity index (χ4v) is 3.02. The molecule has 1 amide bonds. The molecular formula is C21H35IN4O2. The molecule has 1 heterocycles. The smallest absolute Gasteiger partial charge is 0.222 e. The molecule has 1 fully saturated rings. The summed E-state index contributed by atoms with van der Waals surface area (Å²) >= 11 is 0. The van der Waals surface area contributed by atoms with Gasteiger partial charge in [0, 0.05) is 32.6 Å². The van der Waals surface area contributed by atoms with Crippen LogP contribution < -0.4 is 15.4 Å². The van der Waals surface area contributed by atoms with Gasteiger partial charge >= 0.3 is 0 Å². The minimum Gasteiger partial charge on any atom is -0.492 e. The zero-order valence-corrected chi connectivity index (χ0v) is 19.7. The number of hydrogen-bond acceptors (Lipinski definition) is 3. The molecule has 0 unspecified atom stereocenters. The van der Waals surface area contributed by atoms with Gasteiger partial charge in [-0.25, -0.2) is 0 Å². The number of halogens is 1. The van der Waals surface area contributed by atoms with Crippen molar-refractivity contribution in [1.82, 2.24) is 15.5 Å². The Labute approximate surface area is 186 Å². The van der Waals surface area contributed by atoms with Crippen LogP contribution in [0.15, 0.2) is 29.3 Å². The average molecular weight is 502 g/mol. The van der Waals surface area contributed by atoms with Gasteiger partial charge in [-0.2, -0.15) is 0 Å². The van der Waals surface area contributed by atoms with Crippen molar-refractivity contribution in [3.8, 4) is 5.75 Å². The zero-order valence-electron chi connectivity index (χ0n) is 17.4. The SMILES string of the molecule is CCNC(=NCCCN1CCCC1=O)NCCOc1ccc(C(C)C)cc1.I. The van der Waals surface area contributed by atoms with Crippen molar-refractivity contribution in [2.24, 2.45) is 4.99 Å². The first-order valence-electron chi connectivity index (χ1n) is 10.1. The van der Waals surface area contributed by atoms with Crippen molar-refractivity contribution < 1.29 is 9.53 Å². The van der Waals surface area contributed by atoms with Crippen LogP contribution in [0, 0.1) is 0 Å². The van der Waals surface area contributed by atoms with E-state index in [-0.39, 0.29) is 29.9 Å². The van der Waals surface area contributed by atoms with Crippen LogP contribution >= 0.6 is 24.0 Å². The van der Waals surface area contributed by atoms with E-state index in [2.05, 4.69) is 41.6 Å². The predicted octanol–water partition coefficient (Wildman–Crippen LogP) is 3.37. The molecule has 158 valence electrons. The summed E-state index contributed by atoms with van der Waals surface area (Å²) in [5.41, 5.74) is 1.32. The first-order chi connectivity index (χ1) is 13.1. The Morgan fingerprint density at radius 1 is 1.25 bits per heavy atom. The fraction of sp³-hybridized carbons (Fsp3) is 0.619. The van der Waals surface area contributed by atoms with Crippen LogP contribution in [0.1, 0.15) is 51.5 Å². The highest BCUT2D eigenvalue weighted by Gasteiger charge is 2.18. The number of nitrogens with one attached hydrogen (secondary N) is 2. The quantitative estimate of drug-likeness (QED) is 0.223. The minimum absolute atomic E-state index is 0. The number of carbonyl (C=O) groups excluding carboxylic acids is 1. The molecule has 0 saturated carbocycles. The number of benzene rings is 1. The summed E-state index contributed by atoms with van der Waals surface area (Å²) in [6.45, 7) is 10.9. The van der Waals surface area contributed by atoms with Gasteiger partial charge in [-0.3, -0.25) is 9.79 Å². The Kier molecular flexibility index (Phi) is 11.9. The zero-order chi connectivity index (χ0) is 19.5. The van der Waals surface area contributed by atoms with E-state index >= 15 is 0 Å². The first kappa shape index (κ1) is 24.5. The molecule has 28 heavy (non-hydrogen) atoms. The normalized spacial score (nSPS) is 14.2. The van der Waals surface area contributed by atoms with Gasteiger partial charge in [0.25, 0.3) is 0 Å². The summed E-state index contributed by atoms with van der Waals surface area (Å²) < 4.78 is 5.78. The maximum absolute atomic E-state index is 11.6. The molecule has 0 spiro atoms. The second-order valence-electron chi connectivity index (χ2n) is 7.10. The van der Waals surface area contributed by atoms with Gasteiger partial charge in [0.1, 0.15) is 12.4 Å². The van der Waals surface area contributed by atoms with E-state index < -0.39 is 0 Å². The number of rotatable bonds is 10. The Balaban J connectivity index is 0.00000392. The predicted molar refractivity (Wildman–Crippen MR) is 126 cm³/mol. The Morgan fingerprint density at radius 2 is 2.00 bits per heavy atom. The third kappa shape index (κ3) is 8.67. The van der Waals surface area contributed by atoms with Crippen molar-refractivity contribution in [3.63, 3.8) is 0 Å². The van der Waals surface area contributed by atoms with Crippen LogP contribution in [0.5, 0.6) is 5.75 Å². The van der Waals surface area contributed by atoms with Crippen molar-refractivity contribution in [1.29, 1.82) is 0 Å². The molecule has 1 aromatic rings. The van der Waals surface area contributed by atoms with E-state index in [1.165, 1.54) is 5.56 Å². The molecule has 2 N–H and O–H groups in total. The molecule has 0 radical (unpaired) electrons. The van der Waals surface area contributed by atoms with Gasteiger partial charge in [-0.1, -0.05) is 26.0 Å². The van der Waals surface area contributed by atoms with Crippen LogP contribution in [-0.4, -0.2) is 56.1 Å². The van der Waals surface area contributed by atoms with Crippen LogP contribution in [0.2, 0.25) is 0 Å². The summed E-state index contributed by atoms with van der Waals surface area (Å²) in [6, 6.07) is 8.27. The van der Waals surface area contributed by atoms with E-state index in [0.717, 1.165) is 44.2 Å². The monoisotopic (exact) mass is 502 g/mol. The third-order valence-corrected chi connectivity index (χ3v) is 4.58. The van der Waals surface area contributed by atoms with Gasteiger partial charge in [-0.05, 0) is 43.4 Å². The molecule has 0 aliphatic carbocycles. The highest BCUT2D eigenvalue weighted by Crippen LogP contribution is 2.18. The molecule has 2 rings (SSSR count). The first-order valence-corrected chi connectivity index (χ1v) is 10.1. The topological polar surface area (TPSA) is 66.0 Å². The molecule has 0 aromatic heterocycles. The molecule has 1 aromatic carbocycles. The van der Waals surface area contributed by atoms with E-state index in [9.17, 15) is 4.79 Å². The minimum atomic E-state index is 0. The average Bonchev–Trinajstić information content (AvgIpc) is 3.07. The number of likely N-dealkylation sites (tertiary alicyclic amines) is 1. The number of guanidine groups is 1. The summed E-state index contributed by atoms with van der Waals surface area (Å²) in [4.78, 5) is 18.1. The van der Waals surface area contributed by atoms with Gasteiger partial charge in [0.2, 0.25) is 5.91 Å². The van der Waals surface area contributed by atoms with Gasteiger partial charge in [0.05, 0.1) is 6.54 Å². The lowest BCUT2D eigenvalue weighted by Gasteiger charge is -2.15. The lowest BCUT2D eigenvalue weighted by Crippen LogP contribution is -2.39. The molecule has 1 saturated heterocycles. The van der Waals surface area contributed by atoms with Crippen molar-refractivity contribution >= 4 is 35.8 Å². The number of hydrogen-bond donors (Lipinski definition) is 2. The molecule has 7 heteroatoms. The maximum Gasteiger partial charge on any atom is 0.222 e. The Morgan fingerprint density at radius 3 is 2.61 bits per heavy atom. The highest BCUT2D eigenvalue weighted by atomic mass is 127. The number of aliphatic imine (C=N–C) groups is 1. The van der Waals surface area contributed by atoms with Gasteiger partial charge in [0.15, 0.2) is 5.96 Å². The lowest BCUT2D eigenvalue weighted by molar-refractivity contribution is -0.127. The van der Waals surface area contributed by atoms with E-state index in [1.54, 1.807) is 0 Å². The Bertz CT molecular complexity index is 605. The van der Waals surface area contributed by atoms with Crippen molar-refractivity contribution in [2.45, 2.75) is 46.0 Å². The molecule has 1 aliphatic rings. The van der Waals surface area contributed by atoms with E-state index in [0.29, 0.717) is 32.0 Å². The molecule has 0 bridgehead atoms. The van der Waals surface area contributed by atoms with Crippen LogP contribution in [0.25, 0.3) is 0 Å². The summed E-state index contributed by atoms with van der Waals surface area (Å²) in [5.74, 6) is 2.49. The van der Waals surface area contributed by atoms with E-state index in [1.807, 2.05) is 24.0 Å². The number of nitrogens with zero attached hydrogens (tertiary/aromatic N) is 2. The highest BCUT2D eigenvalue weighted by molar-refractivity contribution is 14.0. The standard InChI is InChI=1S/C21H34N4O2.HI/c1-4-22-21(23-12-6-15-25-14-5-7-20(25)26)24-13-16-27-19-10-8-18(9-11-19)17(2)3;/h8-11,17H,4-7,12-16H2,1-3H3,(H2,22,23,24);1H. The second-order valence-corrected chi connectivity index (χ2v) is 7.10. The fourth-order valence-electron chi connectivity index (χ4n) is 3.02. The third-order valence-electron chi connectivity index (χ3n) is 4.58. The van der Waals surface area contributed by atoms with Crippen molar-refractivity contribution in [2.75, 3.05) is 39.3 Å². The van der Waals surface area contributed by atoms with Crippen LogP contribution in [-0.2, 0) is 4.79 Å². The van der Waals surface area contributed by atoms with Crippen molar-refractivity contribution in [3.05, 3.63) is 29.8 Å². The van der Waals surface area contributed by atoms with Crippen LogP contribution in [0.4, 0.5) is 0 Å². The number of carbonyl (C=O) groups is 1. The molecule has 1 aliphatic heterocycles. The maximum atomic E-state index is 11.6. The summed E-state index contributed by atoms with van der Waals surface area (Å²) in [7, 11) is 0. The number of amides is 1. The largest absolute Gasteiger partial charge is 0.492 e. The Hall–Kier alpha value is -1.51. The van der Waals surface area contributed by atoms with E-state index in [4.69, 9.17) is 4.74 Å². The molecular weight excluding hydrogens is 467 g/mol. The van der Waals surface area contributed by atoms with Crippen LogP contribution in [0.3, 0.4) is 0 Å².